The molecule has 0 saturated carbocycles. The molecular formula is C18H19BrF2N2. The summed E-state index contributed by atoms with van der Waals surface area (Å²) in [6.45, 7) is 2.68. The highest BCUT2D eigenvalue weighted by Gasteiger charge is 2.17. The van der Waals surface area contributed by atoms with E-state index in [2.05, 4.69) is 26.1 Å². The maximum Gasteiger partial charge on any atom is 0.129 e. The van der Waals surface area contributed by atoms with Crippen molar-refractivity contribution in [2.75, 3.05) is 18.0 Å². The molecule has 3 rings (SSSR count). The summed E-state index contributed by atoms with van der Waals surface area (Å²) in [6.07, 6.45) is 2.29. The van der Waals surface area contributed by atoms with Gasteiger partial charge in [0.2, 0.25) is 0 Å². The van der Waals surface area contributed by atoms with Gasteiger partial charge in [-0.15, -0.1) is 0 Å². The lowest BCUT2D eigenvalue weighted by atomic mass is 10.1. The van der Waals surface area contributed by atoms with Crippen molar-refractivity contribution in [3.05, 3.63) is 63.6 Å². The predicted octanol–water partition coefficient (Wildman–Crippen LogP) is 4.62. The van der Waals surface area contributed by atoms with Gasteiger partial charge in [0.25, 0.3) is 0 Å². The van der Waals surface area contributed by atoms with Crippen LogP contribution in [0, 0.1) is 11.6 Å². The predicted molar refractivity (Wildman–Crippen MR) is 92.5 cm³/mol. The molecule has 2 nitrogen and oxygen atoms in total. The molecule has 1 saturated heterocycles. The molecular weight excluding hydrogens is 362 g/mol. The summed E-state index contributed by atoms with van der Waals surface area (Å²) in [4.78, 5) is 2.22. The van der Waals surface area contributed by atoms with Crippen LogP contribution in [-0.2, 0) is 13.1 Å². The second-order valence-electron chi connectivity index (χ2n) is 5.77. The van der Waals surface area contributed by atoms with Crippen molar-refractivity contribution in [2.45, 2.75) is 25.9 Å². The van der Waals surface area contributed by atoms with E-state index in [9.17, 15) is 8.78 Å². The number of anilines is 1. The standard InChI is InChI=1S/C18H19BrF2N2/c19-14-6-7-16(20)13(10-14)11-22-12-15-17(21)4-3-5-18(15)23-8-1-2-9-23/h3-7,10,22H,1-2,8-9,11-12H2. The molecule has 0 amide bonds. The van der Waals surface area contributed by atoms with Gasteiger partial charge in [0.15, 0.2) is 0 Å². The van der Waals surface area contributed by atoms with Crippen LogP contribution < -0.4 is 10.2 Å². The van der Waals surface area contributed by atoms with E-state index < -0.39 is 0 Å². The Balaban J connectivity index is 1.71. The van der Waals surface area contributed by atoms with Crippen molar-refractivity contribution in [1.29, 1.82) is 0 Å². The Bertz CT molecular complexity index is 685. The second-order valence-corrected chi connectivity index (χ2v) is 6.69. The molecule has 1 heterocycles. The number of hydrogen-bond donors (Lipinski definition) is 1. The summed E-state index contributed by atoms with van der Waals surface area (Å²) in [5.41, 5.74) is 2.17. The normalized spacial score (nSPS) is 14.5. The zero-order chi connectivity index (χ0) is 16.2. The van der Waals surface area contributed by atoms with Crippen LogP contribution in [0.1, 0.15) is 24.0 Å². The molecule has 0 unspecified atom stereocenters. The molecule has 0 aliphatic carbocycles. The van der Waals surface area contributed by atoms with Gasteiger partial charge in [-0.3, -0.25) is 0 Å². The van der Waals surface area contributed by atoms with Crippen molar-refractivity contribution < 1.29 is 8.78 Å². The zero-order valence-electron chi connectivity index (χ0n) is 12.8. The first-order valence-electron chi connectivity index (χ1n) is 7.82. The van der Waals surface area contributed by atoms with Gasteiger partial charge in [-0.25, -0.2) is 8.78 Å². The first-order chi connectivity index (χ1) is 11.1. The largest absolute Gasteiger partial charge is 0.371 e. The van der Waals surface area contributed by atoms with Crippen molar-refractivity contribution in [2.24, 2.45) is 0 Å². The number of nitrogens with one attached hydrogen (secondary N) is 1. The lowest BCUT2D eigenvalue weighted by molar-refractivity contribution is 0.568. The summed E-state index contributed by atoms with van der Waals surface area (Å²) in [5, 5.41) is 3.16. The lowest BCUT2D eigenvalue weighted by Crippen LogP contribution is -2.22. The van der Waals surface area contributed by atoms with Crippen LogP contribution in [0.15, 0.2) is 40.9 Å². The summed E-state index contributed by atoms with van der Waals surface area (Å²) in [5.74, 6) is -0.467. The quantitative estimate of drug-likeness (QED) is 0.813. The van der Waals surface area contributed by atoms with Crippen LogP contribution in [0.4, 0.5) is 14.5 Å². The van der Waals surface area contributed by atoms with Crippen molar-refractivity contribution in [3.63, 3.8) is 0 Å². The number of halogens is 3. The van der Waals surface area contributed by atoms with E-state index in [1.54, 1.807) is 18.2 Å². The fraction of sp³-hybridized carbons (Fsp3) is 0.333. The Hall–Kier alpha value is -1.46. The number of hydrogen-bond acceptors (Lipinski definition) is 2. The monoisotopic (exact) mass is 380 g/mol. The van der Waals surface area contributed by atoms with Gasteiger partial charge in [0, 0.05) is 47.5 Å². The van der Waals surface area contributed by atoms with Gasteiger partial charge in [-0.2, -0.15) is 0 Å². The summed E-state index contributed by atoms with van der Waals surface area (Å²) in [7, 11) is 0. The van der Waals surface area contributed by atoms with E-state index in [1.807, 2.05) is 6.07 Å². The van der Waals surface area contributed by atoms with Gasteiger partial charge in [0.05, 0.1) is 0 Å². The minimum atomic E-state index is -0.256. The third kappa shape index (κ3) is 3.90. The average molecular weight is 381 g/mol. The van der Waals surface area contributed by atoms with E-state index in [0.29, 0.717) is 24.2 Å². The molecule has 0 atom stereocenters. The number of nitrogens with zero attached hydrogens (tertiary/aromatic N) is 1. The highest BCUT2D eigenvalue weighted by Crippen LogP contribution is 2.26. The molecule has 0 radical (unpaired) electrons. The van der Waals surface area contributed by atoms with Gasteiger partial charge in [-0.1, -0.05) is 22.0 Å². The maximum atomic E-state index is 14.2. The third-order valence-corrected chi connectivity index (χ3v) is 4.66. The van der Waals surface area contributed by atoms with Crippen molar-refractivity contribution in [1.82, 2.24) is 5.32 Å². The fourth-order valence-corrected chi connectivity index (χ4v) is 3.39. The van der Waals surface area contributed by atoms with Crippen LogP contribution >= 0.6 is 15.9 Å². The van der Waals surface area contributed by atoms with Gasteiger partial charge in [-0.05, 0) is 43.2 Å². The van der Waals surface area contributed by atoms with Crippen LogP contribution in [0.3, 0.4) is 0 Å². The molecule has 5 heteroatoms. The van der Waals surface area contributed by atoms with E-state index in [4.69, 9.17) is 0 Å². The Labute approximate surface area is 143 Å². The summed E-state index contributed by atoms with van der Waals surface area (Å²) < 4.78 is 28.8. The van der Waals surface area contributed by atoms with Crippen LogP contribution in [0.2, 0.25) is 0 Å². The van der Waals surface area contributed by atoms with Crippen LogP contribution in [0.25, 0.3) is 0 Å². The fourth-order valence-electron chi connectivity index (χ4n) is 2.98. The summed E-state index contributed by atoms with van der Waals surface area (Å²) >= 11 is 3.34. The molecule has 23 heavy (non-hydrogen) atoms. The van der Waals surface area contributed by atoms with Crippen LogP contribution in [0.5, 0.6) is 0 Å². The van der Waals surface area contributed by atoms with Crippen LogP contribution in [-0.4, -0.2) is 13.1 Å². The Kier molecular flexibility index (Phi) is 5.28. The molecule has 1 aliphatic heterocycles. The number of rotatable bonds is 5. The molecule has 0 aromatic heterocycles. The highest BCUT2D eigenvalue weighted by atomic mass is 79.9. The Morgan fingerprint density at radius 2 is 1.78 bits per heavy atom. The average Bonchev–Trinajstić information content (AvgIpc) is 3.06. The molecule has 1 aliphatic rings. The molecule has 2 aromatic rings. The van der Waals surface area contributed by atoms with E-state index >= 15 is 0 Å². The third-order valence-electron chi connectivity index (χ3n) is 4.17. The topological polar surface area (TPSA) is 15.3 Å². The minimum Gasteiger partial charge on any atom is -0.371 e. The molecule has 1 fully saturated rings. The zero-order valence-corrected chi connectivity index (χ0v) is 14.4. The smallest absolute Gasteiger partial charge is 0.129 e. The maximum absolute atomic E-state index is 14.2. The Morgan fingerprint density at radius 1 is 1.00 bits per heavy atom. The van der Waals surface area contributed by atoms with Gasteiger partial charge in [0.1, 0.15) is 11.6 Å². The highest BCUT2D eigenvalue weighted by molar-refractivity contribution is 9.10. The first kappa shape index (κ1) is 16.4. The first-order valence-corrected chi connectivity index (χ1v) is 8.61. The van der Waals surface area contributed by atoms with Gasteiger partial charge >= 0.3 is 0 Å². The summed E-state index contributed by atoms with van der Waals surface area (Å²) in [6, 6.07) is 10.0. The SMILES string of the molecule is Fc1ccc(Br)cc1CNCc1c(F)cccc1N1CCCC1. The number of benzene rings is 2. The van der Waals surface area contributed by atoms with E-state index in [-0.39, 0.29) is 11.6 Å². The lowest BCUT2D eigenvalue weighted by Gasteiger charge is -2.22. The van der Waals surface area contributed by atoms with Crippen molar-refractivity contribution in [3.8, 4) is 0 Å². The molecule has 1 N–H and O–H groups in total. The molecule has 0 spiro atoms. The minimum absolute atomic E-state index is 0.211. The molecule has 122 valence electrons. The Morgan fingerprint density at radius 3 is 2.57 bits per heavy atom. The van der Waals surface area contributed by atoms with Gasteiger partial charge < -0.3 is 10.2 Å². The van der Waals surface area contributed by atoms with E-state index in [1.165, 1.54) is 12.1 Å². The molecule has 0 bridgehead atoms. The van der Waals surface area contributed by atoms with Crippen molar-refractivity contribution >= 4 is 21.6 Å². The van der Waals surface area contributed by atoms with E-state index in [0.717, 1.165) is 36.1 Å². The second kappa shape index (κ2) is 7.41. The molecule has 2 aromatic carbocycles.